The van der Waals surface area contributed by atoms with Crippen LogP contribution in [0.15, 0.2) is 12.1 Å². The minimum atomic E-state index is -1.03. The Morgan fingerprint density at radius 3 is 2.10 bits per heavy atom. The highest BCUT2D eigenvalue weighted by atomic mass is 16.5. The zero-order valence-corrected chi connectivity index (χ0v) is 13.3. The fourth-order valence-electron chi connectivity index (χ4n) is 1.64. The molecule has 1 aromatic carbocycles. The predicted molar refractivity (Wildman–Crippen MR) is 80.7 cm³/mol. The third-order valence-corrected chi connectivity index (χ3v) is 3.28. The quantitative estimate of drug-likeness (QED) is 0.791. The van der Waals surface area contributed by atoms with Crippen molar-refractivity contribution in [2.75, 3.05) is 7.11 Å². The summed E-state index contributed by atoms with van der Waals surface area (Å²) >= 11 is 0. The Morgan fingerprint density at radius 1 is 1.10 bits per heavy atom. The van der Waals surface area contributed by atoms with Crippen molar-refractivity contribution in [2.45, 2.75) is 52.7 Å². The average molecular weight is 296 g/mol. The molecule has 0 amide bonds. The summed E-state index contributed by atoms with van der Waals surface area (Å²) in [4.78, 5) is 11.2. The van der Waals surface area contributed by atoms with Gasteiger partial charge in [-0.15, -0.1) is 0 Å². The second-order valence-corrected chi connectivity index (χ2v) is 4.98. The van der Waals surface area contributed by atoms with Gasteiger partial charge in [-0.1, -0.05) is 13.8 Å². The van der Waals surface area contributed by atoms with Crippen LogP contribution in [0.5, 0.6) is 17.2 Å². The third kappa shape index (κ3) is 4.55. The van der Waals surface area contributed by atoms with Crippen molar-refractivity contribution in [1.82, 2.24) is 0 Å². The Hall–Kier alpha value is -1.91. The Balaban J connectivity index is 3.30. The number of ether oxygens (including phenoxy) is 3. The zero-order chi connectivity index (χ0) is 16.0. The van der Waals surface area contributed by atoms with E-state index >= 15 is 0 Å². The molecular weight excluding hydrogens is 272 g/mol. The lowest BCUT2D eigenvalue weighted by atomic mass is 10.1. The van der Waals surface area contributed by atoms with E-state index in [-0.39, 0.29) is 17.8 Å². The molecule has 0 saturated heterocycles. The molecule has 21 heavy (non-hydrogen) atoms. The van der Waals surface area contributed by atoms with Crippen molar-refractivity contribution in [3.8, 4) is 17.2 Å². The first-order valence-corrected chi connectivity index (χ1v) is 7.21. The van der Waals surface area contributed by atoms with Crippen LogP contribution in [0, 0.1) is 0 Å². The largest absolute Gasteiger partial charge is 0.493 e. The maximum atomic E-state index is 11.2. The number of methoxy groups -OCH3 is 1. The Kier molecular flexibility index (Phi) is 6.34. The van der Waals surface area contributed by atoms with E-state index in [1.54, 1.807) is 0 Å². The highest BCUT2D eigenvalue weighted by Gasteiger charge is 2.20. The number of carbonyl (C=O) groups is 1. The van der Waals surface area contributed by atoms with Gasteiger partial charge in [-0.2, -0.15) is 0 Å². The van der Waals surface area contributed by atoms with Crippen LogP contribution in [-0.4, -0.2) is 30.4 Å². The van der Waals surface area contributed by atoms with E-state index in [1.807, 2.05) is 27.7 Å². The average Bonchev–Trinajstić information content (AvgIpc) is 2.47. The highest BCUT2D eigenvalue weighted by molar-refractivity contribution is 5.89. The van der Waals surface area contributed by atoms with E-state index < -0.39 is 5.97 Å². The van der Waals surface area contributed by atoms with Crippen LogP contribution < -0.4 is 14.2 Å². The smallest absolute Gasteiger partial charge is 0.335 e. The molecule has 0 bridgehead atoms. The van der Waals surface area contributed by atoms with Crippen molar-refractivity contribution in [2.24, 2.45) is 0 Å². The number of benzene rings is 1. The monoisotopic (exact) mass is 296 g/mol. The molecule has 0 aliphatic carbocycles. The van der Waals surface area contributed by atoms with Crippen molar-refractivity contribution >= 4 is 5.97 Å². The lowest BCUT2D eigenvalue weighted by Crippen LogP contribution is -2.15. The molecule has 0 aromatic heterocycles. The topological polar surface area (TPSA) is 65.0 Å². The molecule has 0 radical (unpaired) electrons. The number of hydrogen-bond acceptors (Lipinski definition) is 4. The SMILES string of the molecule is CCC(C)Oc1cc(C(=O)O)cc(OC)c1OC(C)CC. The van der Waals surface area contributed by atoms with E-state index in [0.717, 1.165) is 12.8 Å². The third-order valence-electron chi connectivity index (χ3n) is 3.28. The molecule has 2 atom stereocenters. The summed E-state index contributed by atoms with van der Waals surface area (Å²) in [7, 11) is 1.48. The molecule has 0 heterocycles. The predicted octanol–water partition coefficient (Wildman–Crippen LogP) is 3.75. The first kappa shape index (κ1) is 17.1. The maximum absolute atomic E-state index is 11.2. The van der Waals surface area contributed by atoms with Crippen LogP contribution in [-0.2, 0) is 0 Å². The summed E-state index contributed by atoms with van der Waals surface area (Å²) in [5.74, 6) is 0.199. The molecular formula is C16H24O5. The van der Waals surface area contributed by atoms with Gasteiger partial charge in [-0.25, -0.2) is 4.79 Å². The summed E-state index contributed by atoms with van der Waals surface area (Å²) in [6.45, 7) is 7.88. The van der Waals surface area contributed by atoms with Crippen LogP contribution >= 0.6 is 0 Å². The van der Waals surface area contributed by atoms with Gasteiger partial charge in [0.05, 0.1) is 24.9 Å². The summed E-state index contributed by atoms with van der Waals surface area (Å²) < 4.78 is 16.9. The van der Waals surface area contributed by atoms with Crippen molar-refractivity contribution in [3.63, 3.8) is 0 Å². The van der Waals surface area contributed by atoms with E-state index in [4.69, 9.17) is 14.2 Å². The van der Waals surface area contributed by atoms with Crippen LogP contribution in [0.25, 0.3) is 0 Å². The molecule has 2 unspecified atom stereocenters. The van der Waals surface area contributed by atoms with E-state index in [2.05, 4.69) is 0 Å². The van der Waals surface area contributed by atoms with Gasteiger partial charge < -0.3 is 19.3 Å². The van der Waals surface area contributed by atoms with Crippen molar-refractivity contribution < 1.29 is 24.1 Å². The van der Waals surface area contributed by atoms with Gasteiger partial charge in [0.15, 0.2) is 11.5 Å². The van der Waals surface area contributed by atoms with E-state index in [0.29, 0.717) is 17.2 Å². The van der Waals surface area contributed by atoms with E-state index in [9.17, 15) is 9.90 Å². The van der Waals surface area contributed by atoms with Gasteiger partial charge >= 0.3 is 5.97 Å². The summed E-state index contributed by atoms with van der Waals surface area (Å²) in [6, 6.07) is 2.93. The van der Waals surface area contributed by atoms with E-state index in [1.165, 1.54) is 19.2 Å². The molecule has 0 aliphatic rings. The minimum Gasteiger partial charge on any atom is -0.493 e. The fourth-order valence-corrected chi connectivity index (χ4v) is 1.64. The Morgan fingerprint density at radius 2 is 1.62 bits per heavy atom. The standard InChI is InChI=1S/C16H24O5/c1-6-10(3)20-14-9-12(16(17)18)8-13(19-5)15(14)21-11(4)7-2/h8-11H,6-7H2,1-5H3,(H,17,18). The lowest BCUT2D eigenvalue weighted by molar-refractivity contribution is 0.0695. The number of aromatic carboxylic acids is 1. The summed E-state index contributed by atoms with van der Waals surface area (Å²) in [6.07, 6.45) is 1.57. The molecule has 1 N–H and O–H groups in total. The highest BCUT2D eigenvalue weighted by Crippen LogP contribution is 2.40. The first-order chi connectivity index (χ1) is 9.92. The second kappa shape index (κ2) is 7.76. The number of carboxylic acid groups (broad SMARTS) is 1. The number of hydrogen-bond donors (Lipinski definition) is 1. The van der Waals surface area contributed by atoms with Crippen molar-refractivity contribution in [1.29, 1.82) is 0 Å². The molecule has 5 nitrogen and oxygen atoms in total. The molecule has 5 heteroatoms. The van der Waals surface area contributed by atoms with Crippen LogP contribution in [0.2, 0.25) is 0 Å². The van der Waals surface area contributed by atoms with Gasteiger partial charge in [-0.3, -0.25) is 0 Å². The minimum absolute atomic E-state index is 0.0196. The number of carboxylic acids is 1. The lowest BCUT2D eigenvalue weighted by Gasteiger charge is -2.21. The molecule has 118 valence electrons. The van der Waals surface area contributed by atoms with Crippen molar-refractivity contribution in [3.05, 3.63) is 17.7 Å². The summed E-state index contributed by atoms with van der Waals surface area (Å²) in [5, 5.41) is 9.19. The molecule has 0 aliphatic heterocycles. The molecule has 1 aromatic rings. The molecule has 0 fully saturated rings. The number of rotatable bonds is 8. The van der Waals surface area contributed by atoms with Gasteiger partial charge in [-0.05, 0) is 38.8 Å². The first-order valence-electron chi connectivity index (χ1n) is 7.21. The van der Waals surface area contributed by atoms with Crippen LogP contribution in [0.4, 0.5) is 0 Å². The second-order valence-electron chi connectivity index (χ2n) is 4.98. The van der Waals surface area contributed by atoms with Crippen LogP contribution in [0.1, 0.15) is 50.9 Å². The van der Waals surface area contributed by atoms with Gasteiger partial charge in [0, 0.05) is 0 Å². The normalized spacial score (nSPS) is 13.4. The van der Waals surface area contributed by atoms with Gasteiger partial charge in [0.1, 0.15) is 0 Å². The van der Waals surface area contributed by atoms with Crippen LogP contribution in [0.3, 0.4) is 0 Å². The molecule has 0 saturated carbocycles. The zero-order valence-electron chi connectivity index (χ0n) is 13.3. The maximum Gasteiger partial charge on any atom is 0.335 e. The fraction of sp³-hybridized carbons (Fsp3) is 0.562. The Labute approximate surface area is 125 Å². The van der Waals surface area contributed by atoms with Gasteiger partial charge in [0.25, 0.3) is 0 Å². The van der Waals surface area contributed by atoms with Gasteiger partial charge in [0.2, 0.25) is 5.75 Å². The molecule has 0 spiro atoms. The molecule has 1 rings (SSSR count). The summed E-state index contributed by atoms with van der Waals surface area (Å²) in [5.41, 5.74) is 0.113. The Bertz CT molecular complexity index is 484.